The predicted octanol–water partition coefficient (Wildman–Crippen LogP) is 0.466. The van der Waals surface area contributed by atoms with Crippen LogP contribution in [0.25, 0.3) is 11.2 Å². The first kappa shape index (κ1) is 17.0. The van der Waals surface area contributed by atoms with Crippen LogP contribution >= 0.6 is 0 Å². The molecule has 1 aliphatic heterocycles. The van der Waals surface area contributed by atoms with Gasteiger partial charge in [-0.15, -0.1) is 0 Å². The van der Waals surface area contributed by atoms with Crippen LogP contribution < -0.4 is 4.90 Å². The summed E-state index contributed by atoms with van der Waals surface area (Å²) in [5.41, 5.74) is 1.40. The molecule has 3 heterocycles. The Bertz CT molecular complexity index is 692. The average molecular weight is 337 g/mol. The van der Waals surface area contributed by atoms with E-state index in [1.165, 1.54) is 6.33 Å². The Morgan fingerprint density at radius 3 is 2.50 bits per heavy atom. The number of aromatic nitrogens is 4. The Kier molecular flexibility index (Phi) is 4.95. The zero-order valence-corrected chi connectivity index (χ0v) is 14.5. The minimum absolute atomic E-state index is 0.234. The zero-order chi connectivity index (χ0) is 17.3. The first-order valence-electron chi connectivity index (χ1n) is 7.67. The summed E-state index contributed by atoms with van der Waals surface area (Å²) in [6.45, 7) is 0.416. The van der Waals surface area contributed by atoms with Gasteiger partial charge in [-0.25, -0.2) is 15.0 Å². The topological polar surface area (TPSA) is 83.8 Å². The summed E-state index contributed by atoms with van der Waals surface area (Å²) in [6.07, 6.45) is 2.04. The average Bonchev–Trinajstić information content (AvgIpc) is 3.15. The molecule has 0 saturated carbocycles. The molecule has 1 fully saturated rings. The molecule has 0 radical (unpaired) electrons. The molecule has 24 heavy (non-hydrogen) atoms. The molecule has 2 aromatic heterocycles. The highest BCUT2D eigenvalue weighted by atomic mass is 16.6. The largest absolute Gasteiger partial charge is 0.382 e. The van der Waals surface area contributed by atoms with Crippen molar-refractivity contribution >= 4 is 17.0 Å². The third-order valence-corrected chi connectivity index (χ3v) is 4.20. The number of fused-ring (bicyclic) bond motifs is 1. The van der Waals surface area contributed by atoms with Gasteiger partial charge in [0.1, 0.15) is 24.6 Å². The lowest BCUT2D eigenvalue weighted by Crippen LogP contribution is -2.36. The van der Waals surface area contributed by atoms with Crippen LogP contribution in [0.5, 0.6) is 0 Å². The summed E-state index contributed by atoms with van der Waals surface area (Å²) < 4.78 is 24.5. The highest BCUT2D eigenvalue weighted by Crippen LogP contribution is 2.35. The third-order valence-electron chi connectivity index (χ3n) is 4.20. The summed E-state index contributed by atoms with van der Waals surface area (Å²) in [4.78, 5) is 15.0. The summed E-state index contributed by atoms with van der Waals surface area (Å²) in [5, 5.41) is 0. The molecule has 0 spiro atoms. The maximum Gasteiger partial charge on any atom is 0.167 e. The van der Waals surface area contributed by atoms with Crippen LogP contribution in [-0.2, 0) is 18.9 Å². The van der Waals surface area contributed by atoms with Gasteiger partial charge in [-0.1, -0.05) is 0 Å². The van der Waals surface area contributed by atoms with Gasteiger partial charge in [0, 0.05) is 35.4 Å². The van der Waals surface area contributed by atoms with Gasteiger partial charge in [-0.05, 0) is 0 Å². The molecule has 1 saturated heterocycles. The smallest absolute Gasteiger partial charge is 0.167 e. The molecule has 1 aliphatic rings. The first-order valence-corrected chi connectivity index (χ1v) is 7.67. The Morgan fingerprint density at radius 2 is 1.88 bits per heavy atom. The van der Waals surface area contributed by atoms with Crippen LogP contribution in [0.4, 0.5) is 5.82 Å². The summed E-state index contributed by atoms with van der Waals surface area (Å²) in [5.74, 6) is 0.752. The van der Waals surface area contributed by atoms with Gasteiger partial charge in [0.25, 0.3) is 0 Å². The van der Waals surface area contributed by atoms with Gasteiger partial charge in [0.15, 0.2) is 23.2 Å². The molecule has 0 bridgehead atoms. The standard InChI is InChI=1S/C15H23N5O4/c1-19(2)13-10-14(17-7-16-13)20(8-18-10)15-12(23-5)11(22-4)9(24-15)6-21-3/h7-9,11-12,15H,6H2,1-5H3/t9-,11+,12-,15+/m0/s1. The number of rotatable bonds is 6. The fourth-order valence-corrected chi connectivity index (χ4v) is 3.12. The second-order valence-corrected chi connectivity index (χ2v) is 5.84. The molecule has 0 unspecified atom stereocenters. The minimum Gasteiger partial charge on any atom is -0.382 e. The molecule has 0 aliphatic carbocycles. The minimum atomic E-state index is -0.407. The molecule has 132 valence electrons. The molecule has 0 amide bonds. The fourth-order valence-electron chi connectivity index (χ4n) is 3.12. The van der Waals surface area contributed by atoms with E-state index in [-0.39, 0.29) is 18.3 Å². The molecule has 9 heteroatoms. The van der Waals surface area contributed by atoms with Crippen molar-refractivity contribution < 1.29 is 18.9 Å². The molecule has 9 nitrogen and oxygen atoms in total. The number of nitrogens with zero attached hydrogens (tertiary/aromatic N) is 5. The van der Waals surface area contributed by atoms with Crippen LogP contribution in [0.2, 0.25) is 0 Å². The van der Waals surface area contributed by atoms with Crippen molar-refractivity contribution in [1.82, 2.24) is 19.5 Å². The maximum absolute atomic E-state index is 6.14. The van der Waals surface area contributed by atoms with E-state index in [0.29, 0.717) is 17.8 Å². The van der Waals surface area contributed by atoms with E-state index in [1.54, 1.807) is 27.7 Å². The highest BCUT2D eigenvalue weighted by molar-refractivity contribution is 5.83. The molecule has 0 aromatic carbocycles. The summed E-state index contributed by atoms with van der Waals surface area (Å²) in [7, 11) is 8.75. The fraction of sp³-hybridized carbons (Fsp3) is 0.667. The van der Waals surface area contributed by atoms with Crippen molar-refractivity contribution in [2.24, 2.45) is 0 Å². The number of methoxy groups -OCH3 is 3. The third kappa shape index (κ3) is 2.73. The van der Waals surface area contributed by atoms with Gasteiger partial charge < -0.3 is 23.8 Å². The number of hydrogen-bond acceptors (Lipinski definition) is 8. The van der Waals surface area contributed by atoms with Crippen molar-refractivity contribution in [1.29, 1.82) is 0 Å². The summed E-state index contributed by atoms with van der Waals surface area (Å²) >= 11 is 0. The van der Waals surface area contributed by atoms with Gasteiger partial charge in [-0.3, -0.25) is 4.57 Å². The predicted molar refractivity (Wildman–Crippen MR) is 87.0 cm³/mol. The Labute approximate surface area is 140 Å². The normalized spacial score (nSPS) is 27.0. The Balaban J connectivity index is 2.01. The molecule has 4 atom stereocenters. The van der Waals surface area contributed by atoms with Crippen LogP contribution in [-0.4, -0.2) is 79.9 Å². The second-order valence-electron chi connectivity index (χ2n) is 5.84. The van der Waals surface area contributed by atoms with E-state index >= 15 is 0 Å². The number of imidazole rings is 1. The summed E-state index contributed by atoms with van der Waals surface area (Å²) in [6, 6.07) is 0. The van der Waals surface area contributed by atoms with E-state index in [4.69, 9.17) is 18.9 Å². The maximum atomic E-state index is 6.14. The number of anilines is 1. The molecule has 3 rings (SSSR count). The highest BCUT2D eigenvalue weighted by Gasteiger charge is 2.46. The monoisotopic (exact) mass is 337 g/mol. The SMILES string of the molecule is COC[C@@H]1O[C@@H](n2cnc3c(N(C)C)ncnc32)[C@@H](OC)[C@@H]1OC. The van der Waals surface area contributed by atoms with Gasteiger partial charge >= 0.3 is 0 Å². The van der Waals surface area contributed by atoms with Crippen molar-refractivity contribution in [3.05, 3.63) is 12.7 Å². The quantitative estimate of drug-likeness (QED) is 0.752. The Morgan fingerprint density at radius 1 is 1.12 bits per heavy atom. The zero-order valence-electron chi connectivity index (χ0n) is 14.5. The van der Waals surface area contributed by atoms with Crippen molar-refractivity contribution in [2.75, 3.05) is 46.9 Å². The molecular formula is C15H23N5O4. The van der Waals surface area contributed by atoms with Crippen molar-refractivity contribution in [2.45, 2.75) is 24.5 Å². The van der Waals surface area contributed by atoms with E-state index in [2.05, 4.69) is 15.0 Å². The lowest BCUT2D eigenvalue weighted by atomic mass is 10.1. The second kappa shape index (κ2) is 6.98. The van der Waals surface area contributed by atoms with Crippen LogP contribution in [0.15, 0.2) is 12.7 Å². The number of hydrogen-bond donors (Lipinski definition) is 0. The van der Waals surface area contributed by atoms with E-state index in [9.17, 15) is 0 Å². The van der Waals surface area contributed by atoms with E-state index in [1.807, 2.05) is 23.6 Å². The molecular weight excluding hydrogens is 314 g/mol. The number of ether oxygens (including phenoxy) is 4. The first-order chi connectivity index (χ1) is 11.6. The molecule has 2 aromatic rings. The van der Waals surface area contributed by atoms with Crippen molar-refractivity contribution in [3.8, 4) is 0 Å². The Hall–Kier alpha value is -1.81. The van der Waals surface area contributed by atoms with Gasteiger partial charge in [0.2, 0.25) is 0 Å². The van der Waals surface area contributed by atoms with Crippen LogP contribution in [0.1, 0.15) is 6.23 Å². The lowest BCUT2D eigenvalue weighted by Gasteiger charge is -2.22. The van der Waals surface area contributed by atoms with Gasteiger partial charge in [-0.2, -0.15) is 0 Å². The van der Waals surface area contributed by atoms with E-state index < -0.39 is 6.23 Å². The van der Waals surface area contributed by atoms with Crippen molar-refractivity contribution in [3.63, 3.8) is 0 Å². The van der Waals surface area contributed by atoms with E-state index in [0.717, 1.165) is 5.82 Å². The lowest BCUT2D eigenvalue weighted by molar-refractivity contribution is -0.0636. The van der Waals surface area contributed by atoms with Crippen LogP contribution in [0.3, 0.4) is 0 Å². The molecule has 0 N–H and O–H groups in total. The van der Waals surface area contributed by atoms with Gasteiger partial charge in [0.05, 0.1) is 12.9 Å². The van der Waals surface area contributed by atoms with Crippen LogP contribution in [0, 0.1) is 0 Å².